The first kappa shape index (κ1) is 16.8. The van der Waals surface area contributed by atoms with Crippen LogP contribution in [-0.2, 0) is 6.61 Å². The third-order valence-corrected chi connectivity index (χ3v) is 4.75. The van der Waals surface area contributed by atoms with Crippen molar-refractivity contribution in [2.75, 3.05) is 6.26 Å². The lowest BCUT2D eigenvalue weighted by Crippen LogP contribution is -2.02. The van der Waals surface area contributed by atoms with Gasteiger partial charge in [-0.3, -0.25) is 4.79 Å². The fourth-order valence-corrected chi connectivity index (χ4v) is 3.07. The van der Waals surface area contributed by atoms with Gasteiger partial charge in [-0.15, -0.1) is 11.8 Å². The van der Waals surface area contributed by atoms with E-state index in [4.69, 9.17) is 16.3 Å². The average Bonchev–Trinajstić information content (AvgIpc) is 2.59. The van der Waals surface area contributed by atoms with Crippen molar-refractivity contribution < 1.29 is 9.53 Å². The molecule has 3 aromatic rings. The van der Waals surface area contributed by atoms with Gasteiger partial charge in [0.15, 0.2) is 5.78 Å². The number of rotatable bonds is 5. The lowest BCUT2D eigenvalue weighted by molar-refractivity contribution is 0.101. The minimum atomic E-state index is -0.0297. The topological polar surface area (TPSA) is 39.2 Å². The lowest BCUT2D eigenvalue weighted by Gasteiger charge is -2.11. The molecule has 0 radical (unpaired) electrons. The van der Waals surface area contributed by atoms with Gasteiger partial charge >= 0.3 is 0 Å². The third kappa shape index (κ3) is 3.55. The molecule has 5 heteroatoms. The summed E-state index contributed by atoms with van der Waals surface area (Å²) in [5, 5.41) is 1.43. The van der Waals surface area contributed by atoms with Crippen LogP contribution in [0.25, 0.3) is 10.9 Å². The van der Waals surface area contributed by atoms with Gasteiger partial charge in [0.1, 0.15) is 17.5 Å². The number of benzene rings is 2. The first-order valence-corrected chi connectivity index (χ1v) is 9.04. The number of hydrogen-bond donors (Lipinski definition) is 0. The second-order valence-corrected chi connectivity index (χ2v) is 6.58. The predicted octanol–water partition coefficient (Wildman–Crippen LogP) is 5.39. The molecule has 0 N–H and O–H groups in total. The van der Waals surface area contributed by atoms with Gasteiger partial charge in [0.2, 0.25) is 0 Å². The molecular formula is C19H16ClNO2S. The third-order valence-electron chi connectivity index (χ3n) is 3.70. The van der Waals surface area contributed by atoms with Crippen molar-refractivity contribution in [3.8, 4) is 5.75 Å². The molecule has 0 aliphatic heterocycles. The maximum absolute atomic E-state index is 11.7. The summed E-state index contributed by atoms with van der Waals surface area (Å²) >= 11 is 7.97. The Labute approximate surface area is 150 Å². The number of halogens is 1. The molecule has 2 aromatic carbocycles. The summed E-state index contributed by atoms with van der Waals surface area (Å²) in [6.07, 6.45) is 2.03. The highest BCUT2D eigenvalue weighted by Crippen LogP contribution is 2.26. The summed E-state index contributed by atoms with van der Waals surface area (Å²) in [4.78, 5) is 17.3. The van der Waals surface area contributed by atoms with Crippen LogP contribution in [0.5, 0.6) is 5.75 Å². The van der Waals surface area contributed by atoms with Gasteiger partial charge in [-0.1, -0.05) is 29.8 Å². The highest BCUT2D eigenvalue weighted by atomic mass is 35.5. The van der Waals surface area contributed by atoms with E-state index in [1.54, 1.807) is 23.9 Å². The normalized spacial score (nSPS) is 10.8. The van der Waals surface area contributed by atoms with Crippen LogP contribution in [0, 0.1) is 0 Å². The van der Waals surface area contributed by atoms with Crippen molar-refractivity contribution in [2.45, 2.75) is 18.4 Å². The number of nitrogens with zero attached hydrogens (tertiary/aromatic N) is 1. The Balaban J connectivity index is 1.88. The van der Waals surface area contributed by atoms with Gasteiger partial charge in [0.05, 0.1) is 11.1 Å². The van der Waals surface area contributed by atoms with Crippen LogP contribution in [0.15, 0.2) is 53.4 Å². The van der Waals surface area contributed by atoms with Crippen LogP contribution in [0.4, 0.5) is 0 Å². The molecule has 3 nitrogen and oxygen atoms in total. The Hall–Kier alpha value is -2.04. The number of ether oxygens (including phenoxy) is 1. The maximum atomic E-state index is 11.7. The minimum Gasteiger partial charge on any atom is -0.488 e. The summed E-state index contributed by atoms with van der Waals surface area (Å²) in [6, 6.07) is 15.3. The van der Waals surface area contributed by atoms with Gasteiger partial charge in [-0.25, -0.2) is 4.98 Å². The number of Topliss-reactive ketones (excluding diaryl/α,β-unsaturated/α-hetero) is 1. The molecular weight excluding hydrogens is 342 g/mol. The van der Waals surface area contributed by atoms with Crippen LogP contribution in [0.2, 0.25) is 5.15 Å². The quantitative estimate of drug-likeness (QED) is 0.348. The molecule has 3 rings (SSSR count). The zero-order chi connectivity index (χ0) is 17.1. The lowest BCUT2D eigenvalue weighted by atomic mass is 10.1. The second kappa shape index (κ2) is 7.24. The molecule has 0 aliphatic carbocycles. The highest BCUT2D eigenvalue weighted by molar-refractivity contribution is 7.98. The molecule has 122 valence electrons. The van der Waals surface area contributed by atoms with E-state index in [-0.39, 0.29) is 12.4 Å². The molecule has 0 bridgehead atoms. The molecule has 0 spiro atoms. The second-order valence-electron chi connectivity index (χ2n) is 5.34. The largest absolute Gasteiger partial charge is 0.488 e. The monoisotopic (exact) mass is 357 g/mol. The standard InChI is InChI=1S/C19H16ClNO2S/c1-12(22)16-5-3-4-6-18(16)23-11-14-9-13-7-8-15(24-2)10-17(13)21-19(14)20/h3-10H,11H2,1-2H3. The molecule has 0 saturated heterocycles. The summed E-state index contributed by atoms with van der Waals surface area (Å²) in [5.74, 6) is 0.525. The number of para-hydroxylation sites is 1. The minimum absolute atomic E-state index is 0.0297. The summed E-state index contributed by atoms with van der Waals surface area (Å²) in [7, 11) is 0. The summed E-state index contributed by atoms with van der Waals surface area (Å²) in [6.45, 7) is 1.78. The number of hydrogen-bond acceptors (Lipinski definition) is 4. The highest BCUT2D eigenvalue weighted by Gasteiger charge is 2.10. The zero-order valence-corrected chi connectivity index (χ0v) is 14.9. The number of carbonyl (C=O) groups is 1. The zero-order valence-electron chi connectivity index (χ0n) is 13.4. The average molecular weight is 358 g/mol. The Bertz CT molecular complexity index is 911. The van der Waals surface area contributed by atoms with Crippen LogP contribution in [-0.4, -0.2) is 17.0 Å². The van der Waals surface area contributed by atoms with Crippen molar-refractivity contribution in [3.05, 3.63) is 64.8 Å². The first-order valence-electron chi connectivity index (χ1n) is 7.44. The van der Waals surface area contributed by atoms with E-state index in [1.807, 2.05) is 36.6 Å². The van der Waals surface area contributed by atoms with Crippen molar-refractivity contribution in [2.24, 2.45) is 0 Å². The maximum Gasteiger partial charge on any atom is 0.163 e. The predicted molar refractivity (Wildman–Crippen MR) is 99.3 cm³/mol. The number of fused-ring (bicyclic) bond motifs is 1. The molecule has 1 heterocycles. The first-order chi connectivity index (χ1) is 11.6. The van der Waals surface area contributed by atoms with Crippen molar-refractivity contribution >= 4 is 40.0 Å². The number of ketones is 1. The van der Waals surface area contributed by atoms with Crippen LogP contribution in [0.1, 0.15) is 22.8 Å². The Morgan fingerprint density at radius 3 is 2.75 bits per heavy atom. The Kier molecular flexibility index (Phi) is 5.07. The van der Waals surface area contributed by atoms with Crippen molar-refractivity contribution in [1.29, 1.82) is 0 Å². The number of aromatic nitrogens is 1. The SMILES string of the molecule is CSc1ccc2cc(COc3ccccc3C(C)=O)c(Cl)nc2c1. The smallest absolute Gasteiger partial charge is 0.163 e. The Morgan fingerprint density at radius 2 is 2.00 bits per heavy atom. The molecule has 1 aromatic heterocycles. The molecule has 0 atom stereocenters. The van der Waals surface area contributed by atoms with E-state index in [2.05, 4.69) is 11.1 Å². The van der Waals surface area contributed by atoms with Gasteiger partial charge in [0, 0.05) is 15.8 Å². The molecule has 0 amide bonds. The van der Waals surface area contributed by atoms with E-state index >= 15 is 0 Å². The molecule has 0 fully saturated rings. The van der Waals surface area contributed by atoms with E-state index in [0.29, 0.717) is 16.5 Å². The Morgan fingerprint density at radius 1 is 1.21 bits per heavy atom. The fourth-order valence-electron chi connectivity index (χ4n) is 2.43. The van der Waals surface area contributed by atoms with Crippen molar-refractivity contribution in [3.63, 3.8) is 0 Å². The summed E-state index contributed by atoms with van der Waals surface area (Å²) in [5.41, 5.74) is 2.21. The van der Waals surface area contributed by atoms with Gasteiger partial charge in [-0.05, 0) is 43.5 Å². The number of thioether (sulfide) groups is 1. The van der Waals surface area contributed by atoms with Crippen LogP contribution < -0.4 is 4.74 Å². The van der Waals surface area contributed by atoms with Gasteiger partial charge in [0.25, 0.3) is 0 Å². The number of carbonyl (C=O) groups excluding carboxylic acids is 1. The van der Waals surface area contributed by atoms with Crippen LogP contribution >= 0.6 is 23.4 Å². The fraction of sp³-hybridized carbons (Fsp3) is 0.158. The van der Waals surface area contributed by atoms with E-state index in [9.17, 15) is 4.79 Å². The van der Waals surface area contributed by atoms with Crippen LogP contribution in [0.3, 0.4) is 0 Å². The molecule has 0 aliphatic rings. The van der Waals surface area contributed by atoms with E-state index in [0.717, 1.165) is 21.4 Å². The number of pyridine rings is 1. The van der Waals surface area contributed by atoms with E-state index in [1.165, 1.54) is 6.92 Å². The van der Waals surface area contributed by atoms with E-state index < -0.39 is 0 Å². The summed E-state index contributed by atoms with van der Waals surface area (Å²) < 4.78 is 5.81. The van der Waals surface area contributed by atoms with Gasteiger partial charge in [-0.2, -0.15) is 0 Å². The van der Waals surface area contributed by atoms with Crippen molar-refractivity contribution in [1.82, 2.24) is 4.98 Å². The molecule has 0 saturated carbocycles. The molecule has 0 unspecified atom stereocenters. The molecule has 24 heavy (non-hydrogen) atoms. The van der Waals surface area contributed by atoms with Gasteiger partial charge < -0.3 is 4.74 Å².